The minimum absolute atomic E-state index is 0.140. The number of amides is 2. The van der Waals surface area contributed by atoms with Crippen LogP contribution in [-0.4, -0.2) is 36.0 Å². The van der Waals surface area contributed by atoms with E-state index in [1.54, 1.807) is 0 Å². The van der Waals surface area contributed by atoms with Crippen molar-refractivity contribution >= 4 is 18.3 Å². The summed E-state index contributed by atoms with van der Waals surface area (Å²) in [6, 6.07) is 0.299. The molecule has 114 valence electrons. The molecule has 19 heavy (non-hydrogen) atoms. The van der Waals surface area contributed by atoms with E-state index in [2.05, 4.69) is 19.2 Å². The molecule has 0 saturated carbocycles. The quantitative estimate of drug-likeness (QED) is 0.639. The molecule has 2 amide bonds. The van der Waals surface area contributed by atoms with E-state index in [9.17, 15) is 14.4 Å². The SMILES string of the molecule is CC.CCC(=O)NC(C)C(C)C.O=CNCC(=O)O. The van der Waals surface area contributed by atoms with Gasteiger partial charge in [0.05, 0.1) is 0 Å². The minimum Gasteiger partial charge on any atom is -0.480 e. The van der Waals surface area contributed by atoms with Gasteiger partial charge < -0.3 is 15.7 Å². The number of hydrogen-bond acceptors (Lipinski definition) is 3. The van der Waals surface area contributed by atoms with E-state index in [1.165, 1.54) is 0 Å². The molecule has 0 aromatic heterocycles. The van der Waals surface area contributed by atoms with Gasteiger partial charge in [0.25, 0.3) is 0 Å². The molecule has 0 bridgehead atoms. The highest BCUT2D eigenvalue weighted by Gasteiger charge is 2.07. The lowest BCUT2D eigenvalue weighted by Gasteiger charge is -2.16. The first-order valence-electron chi connectivity index (χ1n) is 6.53. The highest BCUT2D eigenvalue weighted by molar-refractivity contribution is 5.75. The molecule has 0 aromatic carbocycles. The third-order valence-corrected chi connectivity index (χ3v) is 2.05. The van der Waals surface area contributed by atoms with Crippen LogP contribution in [0.4, 0.5) is 0 Å². The average molecular weight is 276 g/mol. The van der Waals surface area contributed by atoms with E-state index in [1.807, 2.05) is 33.0 Å². The van der Waals surface area contributed by atoms with Crippen molar-refractivity contribution in [3.63, 3.8) is 0 Å². The van der Waals surface area contributed by atoms with Crippen LogP contribution in [0.1, 0.15) is 48.0 Å². The highest BCUT2D eigenvalue weighted by atomic mass is 16.4. The van der Waals surface area contributed by atoms with Crippen LogP contribution in [0.15, 0.2) is 0 Å². The number of carbonyl (C=O) groups excluding carboxylic acids is 2. The smallest absolute Gasteiger partial charge is 0.322 e. The fraction of sp³-hybridized carbons (Fsp3) is 0.769. The van der Waals surface area contributed by atoms with Gasteiger partial charge in [-0.15, -0.1) is 0 Å². The van der Waals surface area contributed by atoms with Gasteiger partial charge in [0.1, 0.15) is 6.54 Å². The van der Waals surface area contributed by atoms with Crippen molar-refractivity contribution in [3.05, 3.63) is 0 Å². The van der Waals surface area contributed by atoms with Crippen LogP contribution in [0.2, 0.25) is 0 Å². The van der Waals surface area contributed by atoms with Gasteiger partial charge in [0.2, 0.25) is 12.3 Å². The Morgan fingerprint density at radius 3 is 1.89 bits per heavy atom. The lowest BCUT2D eigenvalue weighted by atomic mass is 10.1. The standard InChI is InChI=1S/C8H17NO.C3H5NO3.C2H6/c1-5-8(10)9-7(4)6(2)3;5-2-4-1-3(6)7;1-2/h6-7H,5H2,1-4H3,(H,9,10);2H,1H2,(H,4,5)(H,6,7);1-2H3. The molecule has 0 spiro atoms. The largest absolute Gasteiger partial charge is 0.480 e. The van der Waals surface area contributed by atoms with Crippen LogP contribution >= 0.6 is 0 Å². The monoisotopic (exact) mass is 276 g/mol. The topological polar surface area (TPSA) is 95.5 Å². The first-order valence-corrected chi connectivity index (χ1v) is 6.53. The molecule has 0 aliphatic carbocycles. The van der Waals surface area contributed by atoms with Gasteiger partial charge in [-0.3, -0.25) is 14.4 Å². The molecule has 0 radical (unpaired) electrons. The van der Waals surface area contributed by atoms with E-state index in [0.717, 1.165) is 0 Å². The molecule has 0 saturated heterocycles. The Balaban J connectivity index is -0.000000249. The van der Waals surface area contributed by atoms with Gasteiger partial charge in [0, 0.05) is 12.5 Å². The van der Waals surface area contributed by atoms with E-state index < -0.39 is 5.97 Å². The number of carbonyl (C=O) groups is 3. The molecule has 0 rings (SSSR count). The molecular weight excluding hydrogens is 248 g/mol. The van der Waals surface area contributed by atoms with Gasteiger partial charge in [-0.2, -0.15) is 0 Å². The number of rotatable bonds is 6. The molecule has 1 unspecified atom stereocenters. The molecule has 0 aliphatic heterocycles. The molecule has 6 nitrogen and oxygen atoms in total. The molecule has 1 atom stereocenters. The predicted octanol–water partition coefficient (Wildman–Crippen LogP) is 1.40. The number of hydrogen-bond donors (Lipinski definition) is 3. The zero-order valence-electron chi connectivity index (χ0n) is 12.8. The van der Waals surface area contributed by atoms with E-state index in [0.29, 0.717) is 24.8 Å². The van der Waals surface area contributed by atoms with Crippen molar-refractivity contribution < 1.29 is 19.5 Å². The summed E-state index contributed by atoms with van der Waals surface area (Å²) < 4.78 is 0. The van der Waals surface area contributed by atoms with Crippen molar-refractivity contribution in [1.29, 1.82) is 0 Å². The Hall–Kier alpha value is -1.59. The van der Waals surface area contributed by atoms with Crippen LogP contribution in [0, 0.1) is 5.92 Å². The van der Waals surface area contributed by atoms with Gasteiger partial charge in [0.15, 0.2) is 0 Å². The highest BCUT2D eigenvalue weighted by Crippen LogP contribution is 1.99. The molecule has 6 heteroatoms. The number of aliphatic carboxylic acids is 1. The molecule has 0 aromatic rings. The summed E-state index contributed by atoms with van der Waals surface area (Å²) in [7, 11) is 0. The Morgan fingerprint density at radius 1 is 1.21 bits per heavy atom. The Bertz CT molecular complexity index is 243. The maximum absolute atomic E-state index is 10.8. The second-order valence-corrected chi connectivity index (χ2v) is 3.85. The zero-order chi connectivity index (χ0) is 15.8. The fourth-order valence-corrected chi connectivity index (χ4v) is 0.652. The fourth-order valence-electron chi connectivity index (χ4n) is 0.652. The molecule has 0 heterocycles. The molecular formula is C13H28N2O4. The van der Waals surface area contributed by atoms with Crippen molar-refractivity contribution in [2.75, 3.05) is 6.54 Å². The summed E-state index contributed by atoms with van der Waals surface area (Å²) in [6.45, 7) is 11.8. The van der Waals surface area contributed by atoms with Crippen molar-refractivity contribution in [2.24, 2.45) is 5.92 Å². The number of nitrogens with one attached hydrogen (secondary N) is 2. The van der Waals surface area contributed by atoms with Gasteiger partial charge >= 0.3 is 5.97 Å². The summed E-state index contributed by atoms with van der Waals surface area (Å²) in [5, 5.41) is 12.7. The molecule has 3 N–H and O–H groups in total. The lowest BCUT2D eigenvalue weighted by Crippen LogP contribution is -2.35. The van der Waals surface area contributed by atoms with E-state index in [-0.39, 0.29) is 12.5 Å². The lowest BCUT2D eigenvalue weighted by molar-refractivity contribution is -0.136. The number of carboxylic acid groups (broad SMARTS) is 1. The van der Waals surface area contributed by atoms with E-state index in [4.69, 9.17) is 5.11 Å². The van der Waals surface area contributed by atoms with Crippen molar-refractivity contribution in [1.82, 2.24) is 10.6 Å². The molecule has 0 aliphatic rings. The van der Waals surface area contributed by atoms with Crippen molar-refractivity contribution in [3.8, 4) is 0 Å². The van der Waals surface area contributed by atoms with Crippen LogP contribution in [-0.2, 0) is 14.4 Å². The van der Waals surface area contributed by atoms with Crippen molar-refractivity contribution in [2.45, 2.75) is 54.0 Å². The second-order valence-electron chi connectivity index (χ2n) is 3.85. The third kappa shape index (κ3) is 22.1. The second kappa shape index (κ2) is 16.4. The van der Waals surface area contributed by atoms with Crippen LogP contribution in [0.5, 0.6) is 0 Å². The minimum atomic E-state index is -1.04. The van der Waals surface area contributed by atoms with Crippen LogP contribution in [0.3, 0.4) is 0 Å². The maximum Gasteiger partial charge on any atom is 0.322 e. The Kier molecular flexibility index (Phi) is 19.5. The van der Waals surface area contributed by atoms with Crippen LogP contribution < -0.4 is 10.6 Å². The Labute approximate surface area is 116 Å². The summed E-state index contributed by atoms with van der Waals surface area (Å²) in [4.78, 5) is 29.7. The predicted molar refractivity (Wildman–Crippen MR) is 75.8 cm³/mol. The van der Waals surface area contributed by atoms with Gasteiger partial charge in [-0.05, 0) is 12.8 Å². The van der Waals surface area contributed by atoms with Gasteiger partial charge in [-0.25, -0.2) is 0 Å². The summed E-state index contributed by atoms with van der Waals surface area (Å²) >= 11 is 0. The summed E-state index contributed by atoms with van der Waals surface area (Å²) in [6.07, 6.45) is 0.922. The first-order chi connectivity index (χ1) is 8.84. The Morgan fingerprint density at radius 2 is 1.68 bits per heavy atom. The number of carboxylic acids is 1. The van der Waals surface area contributed by atoms with E-state index >= 15 is 0 Å². The summed E-state index contributed by atoms with van der Waals surface area (Å²) in [5.74, 6) is -0.371. The normalized spacial score (nSPS) is 10.1. The van der Waals surface area contributed by atoms with Crippen LogP contribution in [0.25, 0.3) is 0 Å². The zero-order valence-corrected chi connectivity index (χ0v) is 12.8. The maximum atomic E-state index is 10.8. The third-order valence-electron chi connectivity index (χ3n) is 2.05. The first kappa shape index (κ1) is 22.6. The van der Waals surface area contributed by atoms with Gasteiger partial charge in [-0.1, -0.05) is 34.6 Å². The summed E-state index contributed by atoms with van der Waals surface area (Å²) in [5.41, 5.74) is 0. The average Bonchev–Trinajstić information content (AvgIpc) is 2.38. The molecule has 0 fully saturated rings.